The maximum atomic E-state index is 10.5. The lowest BCUT2D eigenvalue weighted by Crippen LogP contribution is -2.48. The van der Waals surface area contributed by atoms with Crippen LogP contribution in [-0.2, 0) is 6.42 Å². The molecule has 6 heteroatoms. The van der Waals surface area contributed by atoms with E-state index in [1.807, 2.05) is 7.05 Å². The second kappa shape index (κ2) is 9.72. The van der Waals surface area contributed by atoms with Crippen LogP contribution in [0.1, 0.15) is 37.0 Å². The normalized spacial score (nSPS) is 17.7. The number of thiophene rings is 1. The van der Waals surface area contributed by atoms with E-state index < -0.39 is 5.60 Å². The van der Waals surface area contributed by atoms with Gasteiger partial charge < -0.3 is 15.3 Å². The molecule has 0 aromatic carbocycles. The van der Waals surface area contributed by atoms with E-state index in [4.69, 9.17) is 0 Å². The SMILES string of the molecule is CN=C(NCC1(O)CCCCC1)N(C)CCc1cccs1.I. The smallest absolute Gasteiger partial charge is 0.193 e. The van der Waals surface area contributed by atoms with Crippen LogP contribution in [0.25, 0.3) is 0 Å². The molecule has 1 fully saturated rings. The molecule has 1 aliphatic rings. The van der Waals surface area contributed by atoms with Gasteiger partial charge in [-0.25, -0.2) is 0 Å². The maximum Gasteiger partial charge on any atom is 0.193 e. The van der Waals surface area contributed by atoms with E-state index in [9.17, 15) is 5.11 Å². The molecule has 1 heterocycles. The Morgan fingerprint density at radius 3 is 2.73 bits per heavy atom. The summed E-state index contributed by atoms with van der Waals surface area (Å²) in [5.41, 5.74) is -0.553. The summed E-state index contributed by atoms with van der Waals surface area (Å²) in [5, 5.41) is 16.0. The van der Waals surface area contributed by atoms with Gasteiger partial charge in [0.15, 0.2) is 5.96 Å². The lowest BCUT2D eigenvalue weighted by Gasteiger charge is -2.33. The molecular weight excluding hydrogens is 409 g/mol. The van der Waals surface area contributed by atoms with Crippen molar-refractivity contribution in [2.45, 2.75) is 44.1 Å². The number of aliphatic hydroxyl groups is 1. The fourth-order valence-corrected chi connectivity index (χ4v) is 3.55. The van der Waals surface area contributed by atoms with Crippen molar-refractivity contribution in [3.63, 3.8) is 0 Å². The van der Waals surface area contributed by atoms with E-state index in [1.54, 1.807) is 18.4 Å². The molecule has 1 aliphatic carbocycles. The molecule has 126 valence electrons. The fraction of sp³-hybridized carbons (Fsp3) is 0.688. The van der Waals surface area contributed by atoms with Crippen molar-refractivity contribution in [2.75, 3.05) is 27.2 Å². The summed E-state index contributed by atoms with van der Waals surface area (Å²) in [6.07, 6.45) is 6.33. The van der Waals surface area contributed by atoms with Crippen LogP contribution >= 0.6 is 35.3 Å². The molecule has 0 unspecified atom stereocenters. The Labute approximate surface area is 155 Å². The highest BCUT2D eigenvalue weighted by Crippen LogP contribution is 2.27. The molecule has 0 saturated heterocycles. The Hall–Kier alpha value is -0.340. The molecule has 0 bridgehead atoms. The third-order valence-corrected chi connectivity index (χ3v) is 5.14. The minimum absolute atomic E-state index is 0. The molecule has 0 spiro atoms. The molecular formula is C16H28IN3OS. The number of aliphatic imine (C=N–C) groups is 1. The highest BCUT2D eigenvalue weighted by molar-refractivity contribution is 14.0. The summed E-state index contributed by atoms with van der Waals surface area (Å²) in [6, 6.07) is 4.26. The first-order chi connectivity index (χ1) is 10.1. The van der Waals surface area contributed by atoms with Crippen molar-refractivity contribution in [3.05, 3.63) is 22.4 Å². The molecule has 1 aromatic heterocycles. The van der Waals surface area contributed by atoms with Crippen molar-refractivity contribution in [1.82, 2.24) is 10.2 Å². The highest BCUT2D eigenvalue weighted by atomic mass is 127. The summed E-state index contributed by atoms with van der Waals surface area (Å²) < 4.78 is 0. The monoisotopic (exact) mass is 437 g/mol. The number of hydrogen-bond donors (Lipinski definition) is 2. The molecule has 0 aliphatic heterocycles. The lowest BCUT2D eigenvalue weighted by molar-refractivity contribution is 0.00822. The van der Waals surface area contributed by atoms with Gasteiger partial charge in [0, 0.05) is 32.1 Å². The zero-order chi connectivity index (χ0) is 15.1. The third-order valence-electron chi connectivity index (χ3n) is 4.21. The Kier molecular flexibility index (Phi) is 8.71. The summed E-state index contributed by atoms with van der Waals surface area (Å²) in [6.45, 7) is 1.53. The maximum absolute atomic E-state index is 10.5. The van der Waals surface area contributed by atoms with Crippen molar-refractivity contribution in [2.24, 2.45) is 4.99 Å². The molecule has 22 heavy (non-hydrogen) atoms. The molecule has 2 N–H and O–H groups in total. The quantitative estimate of drug-likeness (QED) is 0.423. The van der Waals surface area contributed by atoms with Crippen LogP contribution < -0.4 is 5.32 Å². The predicted octanol–water partition coefficient (Wildman–Crippen LogP) is 3.11. The molecule has 0 amide bonds. The summed E-state index contributed by atoms with van der Waals surface area (Å²) in [4.78, 5) is 7.85. The van der Waals surface area contributed by atoms with Crippen LogP contribution in [0.3, 0.4) is 0 Å². The number of halogens is 1. The average Bonchev–Trinajstić information content (AvgIpc) is 2.99. The Morgan fingerprint density at radius 2 is 2.14 bits per heavy atom. The number of nitrogens with one attached hydrogen (secondary N) is 1. The predicted molar refractivity (Wildman–Crippen MR) is 105 cm³/mol. The van der Waals surface area contributed by atoms with Gasteiger partial charge in [-0.05, 0) is 30.7 Å². The first-order valence-electron chi connectivity index (χ1n) is 7.79. The second-order valence-electron chi connectivity index (χ2n) is 5.94. The van der Waals surface area contributed by atoms with E-state index in [1.165, 1.54) is 11.3 Å². The zero-order valence-corrected chi connectivity index (χ0v) is 16.7. The Morgan fingerprint density at radius 1 is 1.41 bits per heavy atom. The van der Waals surface area contributed by atoms with Gasteiger partial charge in [0.25, 0.3) is 0 Å². The van der Waals surface area contributed by atoms with Crippen LogP contribution in [0.2, 0.25) is 0 Å². The van der Waals surface area contributed by atoms with Gasteiger partial charge in [-0.1, -0.05) is 25.3 Å². The van der Waals surface area contributed by atoms with Crippen LogP contribution in [0.5, 0.6) is 0 Å². The van der Waals surface area contributed by atoms with E-state index in [2.05, 4.69) is 32.7 Å². The number of hydrogen-bond acceptors (Lipinski definition) is 3. The molecule has 0 radical (unpaired) electrons. The van der Waals surface area contributed by atoms with Crippen LogP contribution in [0.4, 0.5) is 0 Å². The first-order valence-corrected chi connectivity index (χ1v) is 8.67. The summed E-state index contributed by atoms with van der Waals surface area (Å²) in [5.74, 6) is 0.866. The first kappa shape index (κ1) is 19.7. The van der Waals surface area contributed by atoms with Gasteiger partial charge >= 0.3 is 0 Å². The molecule has 1 aromatic rings. The van der Waals surface area contributed by atoms with E-state index >= 15 is 0 Å². The standard InChI is InChI=1S/C16H27N3OS.HI/c1-17-15(18-13-16(20)9-4-3-5-10-16)19(2)11-8-14-7-6-12-21-14;/h6-7,12,20H,3-5,8-11,13H2,1-2H3,(H,17,18);1H. The molecule has 1 saturated carbocycles. The number of likely N-dealkylation sites (N-methyl/N-ethyl adjacent to an activating group) is 1. The van der Waals surface area contributed by atoms with Crippen LogP contribution in [-0.4, -0.2) is 48.8 Å². The third kappa shape index (κ3) is 6.04. The van der Waals surface area contributed by atoms with Crippen molar-refractivity contribution in [3.8, 4) is 0 Å². The van der Waals surface area contributed by atoms with Crippen molar-refractivity contribution in [1.29, 1.82) is 0 Å². The molecule has 0 atom stereocenters. The largest absolute Gasteiger partial charge is 0.388 e. The fourth-order valence-electron chi connectivity index (χ4n) is 2.85. The number of nitrogens with zero attached hydrogens (tertiary/aromatic N) is 2. The van der Waals surface area contributed by atoms with Crippen LogP contribution in [0, 0.1) is 0 Å². The van der Waals surface area contributed by atoms with E-state index in [0.717, 1.165) is 44.6 Å². The topological polar surface area (TPSA) is 47.9 Å². The Balaban J connectivity index is 0.00000242. The lowest BCUT2D eigenvalue weighted by atomic mass is 9.85. The minimum Gasteiger partial charge on any atom is -0.388 e. The van der Waals surface area contributed by atoms with Gasteiger partial charge in [-0.3, -0.25) is 4.99 Å². The zero-order valence-electron chi connectivity index (χ0n) is 13.5. The van der Waals surface area contributed by atoms with E-state index in [0.29, 0.717) is 6.54 Å². The van der Waals surface area contributed by atoms with Gasteiger partial charge in [-0.2, -0.15) is 0 Å². The molecule has 4 nitrogen and oxygen atoms in total. The van der Waals surface area contributed by atoms with Crippen molar-refractivity contribution < 1.29 is 5.11 Å². The van der Waals surface area contributed by atoms with E-state index in [-0.39, 0.29) is 24.0 Å². The van der Waals surface area contributed by atoms with Gasteiger partial charge in [0.05, 0.1) is 5.60 Å². The minimum atomic E-state index is -0.553. The molecule has 2 rings (SSSR count). The Bertz CT molecular complexity index is 444. The van der Waals surface area contributed by atoms with Crippen LogP contribution in [0.15, 0.2) is 22.5 Å². The summed E-state index contributed by atoms with van der Waals surface area (Å²) in [7, 11) is 3.85. The second-order valence-corrected chi connectivity index (χ2v) is 6.97. The number of guanidine groups is 1. The van der Waals surface area contributed by atoms with Gasteiger partial charge in [0.2, 0.25) is 0 Å². The average molecular weight is 437 g/mol. The highest BCUT2D eigenvalue weighted by Gasteiger charge is 2.29. The van der Waals surface area contributed by atoms with Gasteiger partial charge in [0.1, 0.15) is 0 Å². The van der Waals surface area contributed by atoms with Gasteiger partial charge in [-0.15, -0.1) is 35.3 Å². The van der Waals surface area contributed by atoms with Crippen molar-refractivity contribution >= 4 is 41.3 Å². The summed E-state index contributed by atoms with van der Waals surface area (Å²) >= 11 is 1.79. The number of rotatable bonds is 5.